The number of hydrogen-bond acceptors (Lipinski definition) is 4. The van der Waals surface area contributed by atoms with Gasteiger partial charge in [-0.05, 0) is 25.0 Å². The zero-order valence-electron chi connectivity index (χ0n) is 11.4. The zero-order valence-corrected chi connectivity index (χ0v) is 11.4. The molecule has 4 heteroatoms. The Labute approximate surface area is 118 Å². The minimum absolute atomic E-state index is 0.0343. The summed E-state index contributed by atoms with van der Waals surface area (Å²) in [4.78, 5) is 4.58. The molecule has 0 radical (unpaired) electrons. The molecule has 2 unspecified atom stereocenters. The largest absolute Gasteiger partial charge is 0.393 e. The molecular formula is C16H20N2O2. The summed E-state index contributed by atoms with van der Waals surface area (Å²) in [5, 5.41) is 23.7. The van der Waals surface area contributed by atoms with Gasteiger partial charge in [-0.25, -0.2) is 4.98 Å². The van der Waals surface area contributed by atoms with Crippen LogP contribution >= 0.6 is 0 Å². The Balaban J connectivity index is 1.82. The lowest BCUT2D eigenvalue weighted by Crippen LogP contribution is -2.22. The van der Waals surface area contributed by atoms with E-state index in [-0.39, 0.29) is 18.6 Å². The molecule has 20 heavy (non-hydrogen) atoms. The SMILES string of the molecule is OCc1cc2ccccc2nc1NCC1CCCC1O. The van der Waals surface area contributed by atoms with Crippen molar-refractivity contribution in [2.75, 3.05) is 11.9 Å². The van der Waals surface area contributed by atoms with Gasteiger partial charge in [-0.1, -0.05) is 24.6 Å². The van der Waals surface area contributed by atoms with Gasteiger partial charge in [0, 0.05) is 23.4 Å². The van der Waals surface area contributed by atoms with Gasteiger partial charge in [-0.3, -0.25) is 0 Å². The Hall–Kier alpha value is -1.65. The van der Waals surface area contributed by atoms with Gasteiger partial charge in [0.1, 0.15) is 5.82 Å². The Morgan fingerprint density at radius 2 is 2.10 bits per heavy atom. The van der Waals surface area contributed by atoms with Crippen molar-refractivity contribution in [3.63, 3.8) is 0 Å². The number of aliphatic hydroxyl groups excluding tert-OH is 2. The maximum Gasteiger partial charge on any atom is 0.132 e. The molecule has 3 rings (SSSR count). The van der Waals surface area contributed by atoms with Crippen LogP contribution in [0.1, 0.15) is 24.8 Å². The summed E-state index contributed by atoms with van der Waals surface area (Å²) in [5.41, 5.74) is 1.72. The predicted molar refractivity (Wildman–Crippen MR) is 79.5 cm³/mol. The third-order valence-electron chi connectivity index (χ3n) is 4.12. The Morgan fingerprint density at radius 3 is 2.85 bits per heavy atom. The quantitative estimate of drug-likeness (QED) is 0.799. The van der Waals surface area contributed by atoms with Crippen molar-refractivity contribution in [2.45, 2.75) is 32.0 Å². The summed E-state index contributed by atoms with van der Waals surface area (Å²) in [5.74, 6) is 1.01. The van der Waals surface area contributed by atoms with Crippen LogP contribution in [0.15, 0.2) is 30.3 Å². The molecule has 4 nitrogen and oxygen atoms in total. The van der Waals surface area contributed by atoms with E-state index in [1.165, 1.54) is 0 Å². The molecule has 0 amide bonds. The van der Waals surface area contributed by atoms with Crippen molar-refractivity contribution in [2.24, 2.45) is 5.92 Å². The van der Waals surface area contributed by atoms with E-state index in [0.29, 0.717) is 6.54 Å². The zero-order chi connectivity index (χ0) is 13.9. The second-order valence-electron chi connectivity index (χ2n) is 5.49. The van der Waals surface area contributed by atoms with Gasteiger partial charge < -0.3 is 15.5 Å². The molecule has 2 atom stereocenters. The molecule has 3 N–H and O–H groups in total. The van der Waals surface area contributed by atoms with E-state index < -0.39 is 0 Å². The lowest BCUT2D eigenvalue weighted by molar-refractivity contribution is 0.138. The van der Waals surface area contributed by atoms with E-state index in [2.05, 4.69) is 10.3 Å². The van der Waals surface area contributed by atoms with E-state index in [4.69, 9.17) is 0 Å². The van der Waals surface area contributed by atoms with E-state index >= 15 is 0 Å². The van der Waals surface area contributed by atoms with Gasteiger partial charge in [0.15, 0.2) is 0 Å². The molecule has 0 saturated heterocycles. The van der Waals surface area contributed by atoms with E-state index in [0.717, 1.165) is 41.5 Å². The minimum atomic E-state index is -0.208. The van der Waals surface area contributed by atoms with Crippen molar-refractivity contribution >= 4 is 16.7 Å². The smallest absolute Gasteiger partial charge is 0.132 e. The maximum atomic E-state index is 9.86. The van der Waals surface area contributed by atoms with Crippen molar-refractivity contribution in [3.05, 3.63) is 35.9 Å². The highest BCUT2D eigenvalue weighted by molar-refractivity contribution is 5.81. The van der Waals surface area contributed by atoms with Crippen molar-refractivity contribution in [1.82, 2.24) is 4.98 Å². The average Bonchev–Trinajstić information content (AvgIpc) is 2.89. The van der Waals surface area contributed by atoms with Crippen LogP contribution < -0.4 is 5.32 Å². The molecule has 1 aromatic carbocycles. The number of benzene rings is 1. The highest BCUT2D eigenvalue weighted by Crippen LogP contribution is 2.27. The van der Waals surface area contributed by atoms with E-state index in [1.807, 2.05) is 30.3 Å². The van der Waals surface area contributed by atoms with Crippen LogP contribution in [0.3, 0.4) is 0 Å². The van der Waals surface area contributed by atoms with Crippen LogP contribution in [0, 0.1) is 5.92 Å². The molecular weight excluding hydrogens is 252 g/mol. The van der Waals surface area contributed by atoms with E-state index in [1.54, 1.807) is 0 Å². The van der Waals surface area contributed by atoms with Gasteiger partial charge in [0.2, 0.25) is 0 Å². The fraction of sp³-hybridized carbons (Fsp3) is 0.438. The lowest BCUT2D eigenvalue weighted by atomic mass is 10.1. The molecule has 1 saturated carbocycles. The number of nitrogens with one attached hydrogen (secondary N) is 1. The number of rotatable bonds is 4. The predicted octanol–water partition coefficient (Wildman–Crippen LogP) is 2.30. The molecule has 1 aliphatic rings. The monoisotopic (exact) mass is 272 g/mol. The first-order chi connectivity index (χ1) is 9.78. The average molecular weight is 272 g/mol. The lowest BCUT2D eigenvalue weighted by Gasteiger charge is -2.17. The van der Waals surface area contributed by atoms with Gasteiger partial charge >= 0.3 is 0 Å². The van der Waals surface area contributed by atoms with Crippen LogP contribution in [0.2, 0.25) is 0 Å². The number of fused-ring (bicyclic) bond motifs is 1. The maximum absolute atomic E-state index is 9.86. The molecule has 0 bridgehead atoms. The van der Waals surface area contributed by atoms with Gasteiger partial charge in [0.05, 0.1) is 18.2 Å². The third-order valence-corrected chi connectivity index (χ3v) is 4.12. The fourth-order valence-electron chi connectivity index (χ4n) is 2.92. The van der Waals surface area contributed by atoms with Crippen LogP contribution in [0.5, 0.6) is 0 Å². The van der Waals surface area contributed by atoms with Gasteiger partial charge in [-0.2, -0.15) is 0 Å². The summed E-state index contributed by atoms with van der Waals surface area (Å²) < 4.78 is 0. The number of hydrogen-bond donors (Lipinski definition) is 3. The summed E-state index contributed by atoms with van der Waals surface area (Å²) in [6.07, 6.45) is 2.83. The number of aliphatic hydroxyl groups is 2. The Bertz CT molecular complexity index is 600. The van der Waals surface area contributed by atoms with Crippen molar-refractivity contribution < 1.29 is 10.2 Å². The topological polar surface area (TPSA) is 65.4 Å². The normalized spacial score (nSPS) is 22.3. The number of pyridine rings is 1. The highest BCUT2D eigenvalue weighted by atomic mass is 16.3. The van der Waals surface area contributed by atoms with Crippen molar-refractivity contribution in [1.29, 1.82) is 0 Å². The minimum Gasteiger partial charge on any atom is -0.393 e. The number of nitrogens with zero attached hydrogens (tertiary/aromatic N) is 1. The molecule has 0 spiro atoms. The second-order valence-corrected chi connectivity index (χ2v) is 5.49. The van der Waals surface area contributed by atoms with Crippen LogP contribution in [0.25, 0.3) is 10.9 Å². The third kappa shape index (κ3) is 2.62. The number of anilines is 1. The van der Waals surface area contributed by atoms with Gasteiger partial charge in [-0.15, -0.1) is 0 Å². The summed E-state index contributed by atoms with van der Waals surface area (Å²) in [6, 6.07) is 9.85. The first kappa shape index (κ1) is 13.3. The molecule has 106 valence electrons. The molecule has 1 aliphatic carbocycles. The van der Waals surface area contributed by atoms with E-state index in [9.17, 15) is 10.2 Å². The first-order valence-corrected chi connectivity index (χ1v) is 7.19. The molecule has 1 heterocycles. The molecule has 0 aliphatic heterocycles. The summed E-state index contributed by atoms with van der Waals surface area (Å²) in [6.45, 7) is 0.674. The molecule has 1 fully saturated rings. The number of para-hydroxylation sites is 1. The molecule has 2 aromatic rings. The van der Waals surface area contributed by atoms with Crippen LogP contribution in [0.4, 0.5) is 5.82 Å². The van der Waals surface area contributed by atoms with Gasteiger partial charge in [0.25, 0.3) is 0 Å². The Morgan fingerprint density at radius 1 is 1.25 bits per heavy atom. The highest BCUT2D eigenvalue weighted by Gasteiger charge is 2.25. The summed E-state index contributed by atoms with van der Waals surface area (Å²) >= 11 is 0. The number of aromatic nitrogens is 1. The Kier molecular flexibility index (Phi) is 3.85. The second kappa shape index (κ2) is 5.77. The molecule has 1 aromatic heterocycles. The standard InChI is InChI=1S/C16H20N2O2/c19-10-13-8-11-4-1-2-6-14(11)18-16(13)17-9-12-5-3-7-15(12)20/h1-2,4,6,8,12,15,19-20H,3,5,7,9-10H2,(H,17,18). The van der Waals surface area contributed by atoms with Crippen LogP contribution in [-0.2, 0) is 6.61 Å². The fourth-order valence-corrected chi connectivity index (χ4v) is 2.92. The summed E-state index contributed by atoms with van der Waals surface area (Å²) in [7, 11) is 0. The van der Waals surface area contributed by atoms with Crippen molar-refractivity contribution in [3.8, 4) is 0 Å². The van der Waals surface area contributed by atoms with Crippen LogP contribution in [-0.4, -0.2) is 27.8 Å². The first-order valence-electron chi connectivity index (χ1n) is 7.19.